The highest BCUT2D eigenvalue weighted by Crippen LogP contribution is 2.32. The van der Waals surface area contributed by atoms with E-state index in [0.29, 0.717) is 26.2 Å². The second-order valence-corrected chi connectivity index (χ2v) is 9.99. The van der Waals surface area contributed by atoms with Gasteiger partial charge in [-0.25, -0.2) is 0 Å². The molecule has 0 aliphatic carbocycles. The number of piperazine rings is 1. The van der Waals surface area contributed by atoms with Crippen LogP contribution in [0.1, 0.15) is 18.2 Å². The van der Waals surface area contributed by atoms with E-state index >= 15 is 0 Å². The molecular weight excluding hydrogens is 482 g/mol. The second kappa shape index (κ2) is 11.4. The number of aromatic nitrogens is 2. The highest BCUT2D eigenvalue weighted by molar-refractivity contribution is 5.74. The third-order valence-corrected chi connectivity index (χ3v) is 7.59. The van der Waals surface area contributed by atoms with Gasteiger partial charge >= 0.3 is 0 Å². The van der Waals surface area contributed by atoms with E-state index in [1.165, 1.54) is 0 Å². The molecule has 3 aromatic rings. The largest absolute Gasteiger partial charge is 0.497 e. The van der Waals surface area contributed by atoms with Gasteiger partial charge in [0.05, 0.1) is 38.2 Å². The number of rotatable bonds is 8. The molecule has 2 aliphatic heterocycles. The number of ether oxygens (including phenoxy) is 2. The number of hydrogen-bond donors (Lipinski definition) is 1. The van der Waals surface area contributed by atoms with Crippen LogP contribution >= 0.6 is 0 Å². The van der Waals surface area contributed by atoms with Crippen molar-refractivity contribution < 1.29 is 19.4 Å². The highest BCUT2D eigenvalue weighted by atomic mass is 16.5. The van der Waals surface area contributed by atoms with E-state index in [0.717, 1.165) is 72.3 Å². The average molecular weight is 520 g/mol. The summed E-state index contributed by atoms with van der Waals surface area (Å²) in [6, 6.07) is 15.9. The quantitative estimate of drug-likeness (QED) is 0.490. The Kier molecular flexibility index (Phi) is 7.85. The molecule has 38 heavy (non-hydrogen) atoms. The molecular formula is C29H37N5O4. The van der Waals surface area contributed by atoms with Crippen LogP contribution in [0.4, 0.5) is 5.69 Å². The molecule has 2 aliphatic rings. The van der Waals surface area contributed by atoms with Gasteiger partial charge in [0.15, 0.2) is 0 Å². The number of carbonyl (C=O) groups excluding carboxylic acids is 1. The van der Waals surface area contributed by atoms with Gasteiger partial charge in [-0.3, -0.25) is 14.4 Å². The number of nitrogens with zero attached hydrogens (tertiary/aromatic N) is 5. The number of aliphatic hydroxyl groups is 1. The predicted molar refractivity (Wildman–Crippen MR) is 147 cm³/mol. The van der Waals surface area contributed by atoms with E-state index < -0.39 is 6.10 Å². The number of benzene rings is 2. The van der Waals surface area contributed by atoms with Crippen molar-refractivity contribution in [1.82, 2.24) is 19.6 Å². The molecule has 1 atom stereocenters. The summed E-state index contributed by atoms with van der Waals surface area (Å²) in [7, 11) is 3.35. The van der Waals surface area contributed by atoms with Crippen LogP contribution in [-0.2, 0) is 24.3 Å². The monoisotopic (exact) mass is 519 g/mol. The zero-order valence-corrected chi connectivity index (χ0v) is 22.5. The van der Waals surface area contributed by atoms with Crippen molar-refractivity contribution in [3.8, 4) is 22.8 Å². The molecule has 1 N–H and O–H groups in total. The Morgan fingerprint density at radius 2 is 1.71 bits per heavy atom. The van der Waals surface area contributed by atoms with Crippen molar-refractivity contribution >= 4 is 11.6 Å². The van der Waals surface area contributed by atoms with Crippen LogP contribution in [-0.4, -0.2) is 90.2 Å². The number of fused-ring (bicyclic) bond motifs is 1. The summed E-state index contributed by atoms with van der Waals surface area (Å²) in [6.07, 6.45) is 0.175. The topological polar surface area (TPSA) is 83.3 Å². The first-order valence-electron chi connectivity index (χ1n) is 13.2. The van der Waals surface area contributed by atoms with E-state index in [1.807, 2.05) is 52.0 Å². The maximum Gasteiger partial charge on any atom is 0.219 e. The number of amides is 1. The molecule has 1 fully saturated rings. The number of hydrogen-bond acceptors (Lipinski definition) is 7. The lowest BCUT2D eigenvalue weighted by Gasteiger charge is -2.37. The fourth-order valence-electron chi connectivity index (χ4n) is 5.51. The first-order valence-corrected chi connectivity index (χ1v) is 13.2. The number of β-amino-alcohol motifs (C(OH)–C–C–N with tert-alkyl or cyclic N) is 1. The molecule has 0 spiro atoms. The van der Waals surface area contributed by atoms with Crippen LogP contribution in [0, 0.1) is 0 Å². The molecule has 1 aromatic heterocycles. The number of anilines is 1. The molecule has 0 bridgehead atoms. The molecule has 9 nitrogen and oxygen atoms in total. The van der Waals surface area contributed by atoms with Gasteiger partial charge in [-0.2, -0.15) is 5.10 Å². The third kappa shape index (κ3) is 5.49. The van der Waals surface area contributed by atoms with Crippen molar-refractivity contribution in [1.29, 1.82) is 0 Å². The van der Waals surface area contributed by atoms with E-state index in [2.05, 4.69) is 15.9 Å². The summed E-state index contributed by atoms with van der Waals surface area (Å²) in [4.78, 5) is 18.6. The summed E-state index contributed by atoms with van der Waals surface area (Å²) >= 11 is 0. The summed E-state index contributed by atoms with van der Waals surface area (Å²) in [5, 5.41) is 16.0. The maximum atomic E-state index is 12.1. The number of methoxy groups -OCH3 is 2. The summed E-state index contributed by atoms with van der Waals surface area (Å²) < 4.78 is 12.8. The zero-order chi connectivity index (χ0) is 26.6. The van der Waals surface area contributed by atoms with Crippen molar-refractivity contribution in [2.75, 3.05) is 58.4 Å². The fourth-order valence-corrected chi connectivity index (χ4v) is 5.51. The van der Waals surface area contributed by atoms with Crippen molar-refractivity contribution in [3.05, 3.63) is 59.8 Å². The van der Waals surface area contributed by atoms with Gasteiger partial charge in [-0.05, 0) is 36.4 Å². The Hall–Kier alpha value is -3.56. The minimum absolute atomic E-state index is 0.0661. The van der Waals surface area contributed by atoms with Crippen LogP contribution in [0.3, 0.4) is 0 Å². The molecule has 1 amide bonds. The average Bonchev–Trinajstić information content (AvgIpc) is 3.30. The van der Waals surface area contributed by atoms with Gasteiger partial charge in [-0.1, -0.05) is 12.1 Å². The molecule has 0 saturated carbocycles. The summed E-state index contributed by atoms with van der Waals surface area (Å²) in [5.74, 6) is 1.74. The van der Waals surface area contributed by atoms with Gasteiger partial charge in [0.1, 0.15) is 11.5 Å². The van der Waals surface area contributed by atoms with Gasteiger partial charge < -0.3 is 24.4 Å². The van der Waals surface area contributed by atoms with Crippen LogP contribution in [0.2, 0.25) is 0 Å². The van der Waals surface area contributed by atoms with Crippen LogP contribution < -0.4 is 14.4 Å². The van der Waals surface area contributed by atoms with E-state index in [4.69, 9.17) is 14.6 Å². The summed E-state index contributed by atoms with van der Waals surface area (Å²) in [5.41, 5.74) is 5.13. The third-order valence-electron chi connectivity index (χ3n) is 7.59. The predicted octanol–water partition coefficient (Wildman–Crippen LogP) is 2.66. The zero-order valence-electron chi connectivity index (χ0n) is 22.5. The molecule has 1 unspecified atom stereocenters. The molecule has 3 heterocycles. The normalized spacial score (nSPS) is 16.7. The maximum absolute atomic E-state index is 12.1. The number of aliphatic hydroxyl groups excluding tert-OH is 1. The fraction of sp³-hybridized carbons (Fsp3) is 0.448. The standard InChI is InChI=1S/C29H37N5O4/c1-21(35)33-13-12-26-25(20-33)29(22-8-10-24(37-2)11-9-22)30-34(26)19-23(36)18-31-14-16-32(17-15-31)27-6-4-5-7-28(27)38-3/h4-11,23,36H,12-20H2,1-3H3. The van der Waals surface area contributed by atoms with Crippen molar-refractivity contribution in [2.24, 2.45) is 0 Å². The van der Waals surface area contributed by atoms with Crippen molar-refractivity contribution in [3.63, 3.8) is 0 Å². The van der Waals surface area contributed by atoms with Gasteiger partial charge in [0.25, 0.3) is 0 Å². The van der Waals surface area contributed by atoms with E-state index in [-0.39, 0.29) is 5.91 Å². The minimum atomic E-state index is -0.550. The second-order valence-electron chi connectivity index (χ2n) is 9.99. The molecule has 2 aromatic carbocycles. The Balaban J connectivity index is 1.27. The van der Waals surface area contributed by atoms with Crippen LogP contribution in [0.25, 0.3) is 11.3 Å². The smallest absolute Gasteiger partial charge is 0.219 e. The van der Waals surface area contributed by atoms with Crippen LogP contribution in [0.15, 0.2) is 48.5 Å². The Labute approximate surface area is 224 Å². The first kappa shape index (κ1) is 26.1. The Bertz CT molecular complexity index is 1250. The molecule has 0 radical (unpaired) electrons. The molecule has 202 valence electrons. The minimum Gasteiger partial charge on any atom is -0.497 e. The lowest BCUT2D eigenvalue weighted by Crippen LogP contribution is -2.49. The Morgan fingerprint density at radius 3 is 2.39 bits per heavy atom. The number of carbonyl (C=O) groups is 1. The van der Waals surface area contributed by atoms with Gasteiger partial charge in [0.2, 0.25) is 5.91 Å². The van der Waals surface area contributed by atoms with E-state index in [9.17, 15) is 9.90 Å². The Morgan fingerprint density at radius 1 is 0.974 bits per heavy atom. The van der Waals surface area contributed by atoms with E-state index in [1.54, 1.807) is 21.1 Å². The first-order chi connectivity index (χ1) is 18.5. The SMILES string of the molecule is COc1ccc(-c2nn(CC(O)CN3CCN(c4ccccc4OC)CC3)c3c2CN(C(C)=O)CC3)cc1. The molecule has 5 rings (SSSR count). The molecule has 9 heteroatoms. The van der Waals surface area contributed by atoms with Crippen molar-refractivity contribution in [2.45, 2.75) is 32.5 Å². The molecule has 1 saturated heterocycles. The lowest BCUT2D eigenvalue weighted by molar-refractivity contribution is -0.129. The lowest BCUT2D eigenvalue weighted by atomic mass is 10.0. The number of para-hydroxylation sites is 2. The highest BCUT2D eigenvalue weighted by Gasteiger charge is 2.28. The summed E-state index contributed by atoms with van der Waals surface area (Å²) in [6.45, 7) is 7.33. The van der Waals surface area contributed by atoms with Gasteiger partial charge in [0, 0.05) is 76.0 Å². The van der Waals surface area contributed by atoms with Gasteiger partial charge in [-0.15, -0.1) is 0 Å². The van der Waals surface area contributed by atoms with Crippen LogP contribution in [0.5, 0.6) is 11.5 Å².